The average molecular weight is 414 g/mol. The number of hydrogen-bond donors (Lipinski definition) is 1. The van der Waals surface area contributed by atoms with Crippen molar-refractivity contribution in [3.63, 3.8) is 0 Å². The van der Waals surface area contributed by atoms with Gasteiger partial charge in [0.25, 0.3) is 0 Å². The lowest BCUT2D eigenvalue weighted by molar-refractivity contribution is -0.116. The number of aryl methyl sites for hydroxylation is 1. The van der Waals surface area contributed by atoms with Crippen LogP contribution in [-0.2, 0) is 4.79 Å². The number of nitrogens with zero attached hydrogens (tertiary/aromatic N) is 2. The van der Waals surface area contributed by atoms with Gasteiger partial charge in [-0.25, -0.2) is 4.68 Å². The number of fused-ring (bicyclic) bond motifs is 1. The van der Waals surface area contributed by atoms with E-state index in [-0.39, 0.29) is 11.8 Å². The zero-order chi connectivity index (χ0) is 20.7. The third kappa shape index (κ3) is 3.29. The largest absolute Gasteiger partial charge is 0.310 e. The first-order chi connectivity index (χ1) is 14.6. The van der Waals surface area contributed by atoms with Gasteiger partial charge in [0.15, 0.2) is 0 Å². The van der Waals surface area contributed by atoms with Gasteiger partial charge in [0.2, 0.25) is 5.91 Å². The van der Waals surface area contributed by atoms with Gasteiger partial charge in [-0.3, -0.25) is 4.79 Å². The minimum Gasteiger partial charge on any atom is -0.310 e. The van der Waals surface area contributed by atoms with Gasteiger partial charge in [-0.05, 0) is 36.8 Å². The van der Waals surface area contributed by atoms with E-state index in [9.17, 15) is 4.79 Å². The van der Waals surface area contributed by atoms with E-state index in [0.717, 1.165) is 33.9 Å². The minimum atomic E-state index is -0.0968. The second-order valence-corrected chi connectivity index (χ2v) is 8.02. The maximum atomic E-state index is 12.7. The van der Waals surface area contributed by atoms with Crippen LogP contribution in [0.25, 0.3) is 16.9 Å². The second-order valence-electron chi connectivity index (χ2n) is 7.58. The SMILES string of the molecule is Cc1ccc(-n2nc(-c3ccccc3)c3c2NC(=O)CC3c2ccc(Cl)cc2)cc1. The van der Waals surface area contributed by atoms with E-state index in [4.69, 9.17) is 16.7 Å². The van der Waals surface area contributed by atoms with Crippen LogP contribution in [0.5, 0.6) is 0 Å². The Labute approximate surface area is 180 Å². The fourth-order valence-electron chi connectivity index (χ4n) is 4.01. The van der Waals surface area contributed by atoms with Crippen molar-refractivity contribution < 1.29 is 4.79 Å². The number of benzene rings is 3. The van der Waals surface area contributed by atoms with Crippen molar-refractivity contribution in [3.05, 3.63) is 101 Å². The molecule has 5 rings (SSSR count). The Kier molecular flexibility index (Phi) is 4.64. The Balaban J connectivity index is 1.76. The summed E-state index contributed by atoms with van der Waals surface area (Å²) >= 11 is 6.11. The number of halogens is 1. The van der Waals surface area contributed by atoms with E-state index in [1.54, 1.807) is 0 Å². The molecule has 1 aromatic heterocycles. The molecule has 0 saturated heterocycles. The summed E-state index contributed by atoms with van der Waals surface area (Å²) in [5.41, 5.74) is 6.07. The third-order valence-electron chi connectivity index (χ3n) is 5.52. The van der Waals surface area contributed by atoms with Gasteiger partial charge in [0, 0.05) is 28.5 Å². The van der Waals surface area contributed by atoms with Crippen molar-refractivity contribution >= 4 is 23.3 Å². The van der Waals surface area contributed by atoms with Crippen molar-refractivity contribution in [1.82, 2.24) is 9.78 Å². The predicted octanol–water partition coefficient (Wildman–Crippen LogP) is 5.98. The van der Waals surface area contributed by atoms with Gasteiger partial charge in [-0.2, -0.15) is 5.10 Å². The van der Waals surface area contributed by atoms with Crippen molar-refractivity contribution in [3.8, 4) is 16.9 Å². The fraction of sp³-hybridized carbons (Fsp3) is 0.120. The van der Waals surface area contributed by atoms with E-state index < -0.39 is 0 Å². The van der Waals surface area contributed by atoms with Gasteiger partial charge in [0.1, 0.15) is 5.82 Å². The molecule has 0 spiro atoms. The smallest absolute Gasteiger partial charge is 0.226 e. The quantitative estimate of drug-likeness (QED) is 0.449. The number of rotatable bonds is 3. The summed E-state index contributed by atoms with van der Waals surface area (Å²) in [6.07, 6.45) is 0.369. The highest BCUT2D eigenvalue weighted by molar-refractivity contribution is 6.30. The molecule has 1 amide bonds. The molecule has 2 heterocycles. The molecule has 0 fully saturated rings. The van der Waals surface area contributed by atoms with E-state index in [2.05, 4.69) is 24.4 Å². The van der Waals surface area contributed by atoms with Crippen molar-refractivity contribution in [2.45, 2.75) is 19.3 Å². The molecule has 30 heavy (non-hydrogen) atoms. The molecular weight excluding hydrogens is 394 g/mol. The van der Waals surface area contributed by atoms with E-state index in [0.29, 0.717) is 11.4 Å². The summed E-state index contributed by atoms with van der Waals surface area (Å²) in [5, 5.41) is 8.72. The molecule has 1 N–H and O–H groups in total. The van der Waals surface area contributed by atoms with Crippen LogP contribution in [0.2, 0.25) is 5.02 Å². The van der Waals surface area contributed by atoms with E-state index in [1.165, 1.54) is 5.56 Å². The highest BCUT2D eigenvalue weighted by atomic mass is 35.5. The first-order valence-corrected chi connectivity index (χ1v) is 10.3. The molecule has 1 atom stereocenters. The normalized spacial score (nSPS) is 15.5. The lowest BCUT2D eigenvalue weighted by Crippen LogP contribution is -2.24. The average Bonchev–Trinajstić information content (AvgIpc) is 3.14. The summed E-state index contributed by atoms with van der Waals surface area (Å²) in [6, 6.07) is 26.0. The Hall–Kier alpha value is -3.37. The van der Waals surface area contributed by atoms with Crippen molar-refractivity contribution in [2.75, 3.05) is 5.32 Å². The van der Waals surface area contributed by atoms with Crippen LogP contribution in [-0.4, -0.2) is 15.7 Å². The fourth-order valence-corrected chi connectivity index (χ4v) is 4.14. The summed E-state index contributed by atoms with van der Waals surface area (Å²) < 4.78 is 1.84. The molecule has 0 aliphatic carbocycles. The predicted molar refractivity (Wildman–Crippen MR) is 120 cm³/mol. The monoisotopic (exact) mass is 413 g/mol. The minimum absolute atomic E-state index is 0.0182. The lowest BCUT2D eigenvalue weighted by Gasteiger charge is -2.25. The van der Waals surface area contributed by atoms with Crippen molar-refractivity contribution in [1.29, 1.82) is 0 Å². The van der Waals surface area contributed by atoms with Gasteiger partial charge < -0.3 is 5.32 Å². The molecule has 0 radical (unpaired) electrons. The maximum absolute atomic E-state index is 12.7. The standard InChI is InChI=1S/C25H20ClN3O/c1-16-7-13-20(14-8-16)29-25-23(24(28-29)18-5-3-2-4-6-18)21(15-22(30)27-25)17-9-11-19(26)12-10-17/h2-14,21H,15H2,1H3,(H,27,30). The van der Waals surface area contributed by atoms with Crippen LogP contribution in [0.15, 0.2) is 78.9 Å². The Morgan fingerprint density at radius 3 is 2.37 bits per heavy atom. The van der Waals surface area contributed by atoms with Gasteiger partial charge >= 0.3 is 0 Å². The van der Waals surface area contributed by atoms with Crippen LogP contribution in [0, 0.1) is 6.92 Å². The molecule has 4 aromatic rings. The lowest BCUT2D eigenvalue weighted by atomic mass is 9.84. The molecule has 0 saturated carbocycles. The second kappa shape index (κ2) is 7.47. The van der Waals surface area contributed by atoms with Gasteiger partial charge in [-0.15, -0.1) is 0 Å². The summed E-state index contributed by atoms with van der Waals surface area (Å²) in [6.45, 7) is 2.05. The van der Waals surface area contributed by atoms with Crippen LogP contribution >= 0.6 is 11.6 Å². The van der Waals surface area contributed by atoms with E-state index >= 15 is 0 Å². The topological polar surface area (TPSA) is 46.9 Å². The number of amides is 1. The van der Waals surface area contributed by atoms with Gasteiger partial charge in [0.05, 0.1) is 11.4 Å². The summed E-state index contributed by atoms with van der Waals surface area (Å²) in [7, 11) is 0. The number of hydrogen-bond acceptors (Lipinski definition) is 2. The Morgan fingerprint density at radius 2 is 1.67 bits per heavy atom. The Bertz CT molecular complexity index is 1210. The van der Waals surface area contributed by atoms with Crippen molar-refractivity contribution in [2.24, 2.45) is 0 Å². The number of carbonyl (C=O) groups is 1. The summed E-state index contributed by atoms with van der Waals surface area (Å²) in [4.78, 5) is 12.7. The van der Waals surface area contributed by atoms with Crippen LogP contribution in [0.1, 0.15) is 29.0 Å². The molecular formula is C25H20ClN3O. The number of aromatic nitrogens is 2. The highest BCUT2D eigenvalue weighted by Gasteiger charge is 2.34. The van der Waals surface area contributed by atoms with Crippen LogP contribution in [0.4, 0.5) is 5.82 Å². The van der Waals surface area contributed by atoms with Crippen LogP contribution in [0.3, 0.4) is 0 Å². The molecule has 0 bridgehead atoms. The van der Waals surface area contributed by atoms with Gasteiger partial charge in [-0.1, -0.05) is 71.8 Å². The first-order valence-electron chi connectivity index (χ1n) is 9.91. The molecule has 5 heteroatoms. The number of nitrogens with one attached hydrogen (secondary N) is 1. The molecule has 1 aliphatic rings. The molecule has 1 aliphatic heterocycles. The zero-order valence-corrected chi connectivity index (χ0v) is 17.2. The Morgan fingerprint density at radius 1 is 0.967 bits per heavy atom. The third-order valence-corrected chi connectivity index (χ3v) is 5.77. The van der Waals surface area contributed by atoms with Crippen LogP contribution < -0.4 is 5.32 Å². The number of carbonyl (C=O) groups excluding carboxylic acids is 1. The first kappa shape index (κ1) is 18.6. The highest BCUT2D eigenvalue weighted by Crippen LogP contribution is 2.44. The molecule has 148 valence electrons. The number of anilines is 1. The van der Waals surface area contributed by atoms with E-state index in [1.807, 2.05) is 71.4 Å². The molecule has 3 aromatic carbocycles. The molecule has 1 unspecified atom stereocenters. The maximum Gasteiger partial charge on any atom is 0.226 e. The molecule has 4 nitrogen and oxygen atoms in total. The summed E-state index contributed by atoms with van der Waals surface area (Å²) in [5.74, 6) is 0.615. The zero-order valence-electron chi connectivity index (χ0n) is 16.5.